The minimum Gasteiger partial charge on any atom is -0.462 e. The van der Waals surface area contributed by atoms with Gasteiger partial charge in [0, 0.05) is 19.3 Å². The van der Waals surface area contributed by atoms with Crippen LogP contribution in [0.25, 0.3) is 0 Å². The molecule has 6 heteroatoms. The van der Waals surface area contributed by atoms with Crippen molar-refractivity contribution in [2.45, 2.75) is 284 Å². The third-order valence-electron chi connectivity index (χ3n) is 12.4. The van der Waals surface area contributed by atoms with Crippen molar-refractivity contribution in [1.82, 2.24) is 0 Å². The van der Waals surface area contributed by atoms with Crippen molar-refractivity contribution in [3.63, 3.8) is 0 Å². The van der Waals surface area contributed by atoms with E-state index in [0.29, 0.717) is 19.3 Å². The standard InChI is InChI=1S/C63H108O6/c1-4-7-10-13-16-19-22-25-28-30-32-34-35-38-41-44-47-50-53-56-62(65)68-59-60(58-67-61(64)55-52-49-46-43-40-37-27-24-21-18-15-12-9-6-3)69-63(66)57-54-51-48-45-42-39-36-33-31-29-26-23-20-17-14-11-8-5-2/h7,9-10,12,16,18-19,21,25,27-28,33,36-37,60H,4-6,8,11,13-15,17,20,22-24,26,29-32,34-35,38-59H2,1-3H3/b10-7-,12-9-,19-16-,21-18-,28-25-,36-33-,37-27-. The van der Waals surface area contributed by atoms with Gasteiger partial charge >= 0.3 is 17.9 Å². The van der Waals surface area contributed by atoms with Gasteiger partial charge in [0.1, 0.15) is 13.2 Å². The van der Waals surface area contributed by atoms with Crippen molar-refractivity contribution in [1.29, 1.82) is 0 Å². The zero-order valence-corrected chi connectivity index (χ0v) is 45.3. The molecule has 396 valence electrons. The molecular formula is C63H108O6. The summed E-state index contributed by atoms with van der Waals surface area (Å²) in [6.07, 6.45) is 74.3. The smallest absolute Gasteiger partial charge is 0.306 e. The monoisotopic (exact) mass is 961 g/mol. The van der Waals surface area contributed by atoms with E-state index in [1.165, 1.54) is 116 Å². The Morgan fingerprint density at radius 1 is 0.304 bits per heavy atom. The normalized spacial score (nSPS) is 12.7. The van der Waals surface area contributed by atoms with Crippen LogP contribution in [0.1, 0.15) is 278 Å². The second kappa shape index (κ2) is 57.2. The summed E-state index contributed by atoms with van der Waals surface area (Å²) in [6, 6.07) is 0. The summed E-state index contributed by atoms with van der Waals surface area (Å²) in [7, 11) is 0. The van der Waals surface area contributed by atoms with Crippen LogP contribution in [0.3, 0.4) is 0 Å². The van der Waals surface area contributed by atoms with Gasteiger partial charge in [-0.2, -0.15) is 0 Å². The highest BCUT2D eigenvalue weighted by Crippen LogP contribution is 2.15. The van der Waals surface area contributed by atoms with Crippen LogP contribution >= 0.6 is 0 Å². The highest BCUT2D eigenvalue weighted by molar-refractivity contribution is 5.71. The zero-order chi connectivity index (χ0) is 50.0. The SMILES string of the molecule is CC/C=C\C/C=C\C/C=C\CCCCCCCCCCCC(=O)OCC(COC(=O)CCCCCC/C=C\C/C=C\C/C=C\CC)OC(=O)CCCCCCC/C=C\CCCCCCCCCCC. The highest BCUT2D eigenvalue weighted by atomic mass is 16.6. The number of carbonyl (C=O) groups is 3. The summed E-state index contributed by atoms with van der Waals surface area (Å²) >= 11 is 0. The lowest BCUT2D eigenvalue weighted by atomic mass is 10.1. The summed E-state index contributed by atoms with van der Waals surface area (Å²) in [5.74, 6) is -0.920. The molecule has 0 rings (SSSR count). The Bertz CT molecular complexity index is 1330. The van der Waals surface area contributed by atoms with Gasteiger partial charge < -0.3 is 14.2 Å². The molecule has 1 unspecified atom stereocenters. The summed E-state index contributed by atoms with van der Waals surface area (Å²) in [4.78, 5) is 38.2. The van der Waals surface area contributed by atoms with E-state index in [1.807, 2.05) is 0 Å². The molecule has 0 heterocycles. The number of unbranched alkanes of at least 4 members (excludes halogenated alkanes) is 27. The predicted molar refractivity (Wildman–Crippen MR) is 297 cm³/mol. The molecule has 0 bridgehead atoms. The molecule has 0 amide bonds. The fourth-order valence-corrected chi connectivity index (χ4v) is 8.05. The summed E-state index contributed by atoms with van der Waals surface area (Å²) in [5, 5.41) is 0. The summed E-state index contributed by atoms with van der Waals surface area (Å²) in [6.45, 7) is 6.40. The van der Waals surface area contributed by atoms with E-state index in [4.69, 9.17) is 14.2 Å². The maximum absolute atomic E-state index is 12.9. The predicted octanol–water partition coefficient (Wildman–Crippen LogP) is 19.5. The number of carbonyl (C=O) groups excluding carboxylic acids is 3. The van der Waals surface area contributed by atoms with Crippen LogP contribution in [0.2, 0.25) is 0 Å². The number of hydrogen-bond donors (Lipinski definition) is 0. The summed E-state index contributed by atoms with van der Waals surface area (Å²) in [5.41, 5.74) is 0. The van der Waals surface area contributed by atoms with Crippen LogP contribution in [-0.2, 0) is 28.6 Å². The number of ether oxygens (including phenoxy) is 3. The first kappa shape index (κ1) is 65.6. The van der Waals surface area contributed by atoms with Crippen molar-refractivity contribution in [2.75, 3.05) is 13.2 Å². The molecule has 0 aliphatic carbocycles. The Balaban J connectivity index is 4.41. The molecule has 69 heavy (non-hydrogen) atoms. The van der Waals surface area contributed by atoms with E-state index in [9.17, 15) is 14.4 Å². The van der Waals surface area contributed by atoms with Crippen LogP contribution < -0.4 is 0 Å². The number of rotatable bonds is 52. The van der Waals surface area contributed by atoms with Crippen LogP contribution in [0, 0.1) is 0 Å². The van der Waals surface area contributed by atoms with Gasteiger partial charge in [-0.25, -0.2) is 0 Å². The molecular weight excluding hydrogens is 853 g/mol. The third kappa shape index (κ3) is 55.4. The molecule has 0 radical (unpaired) electrons. The molecule has 0 saturated carbocycles. The minimum atomic E-state index is -0.793. The second-order valence-electron chi connectivity index (χ2n) is 19.1. The Labute approximate surface area is 426 Å². The quantitative estimate of drug-likeness (QED) is 0.0262. The van der Waals surface area contributed by atoms with Gasteiger partial charge in [-0.3, -0.25) is 14.4 Å². The fraction of sp³-hybridized carbons (Fsp3) is 0.730. The minimum absolute atomic E-state index is 0.0898. The molecule has 0 aromatic heterocycles. The third-order valence-corrected chi connectivity index (χ3v) is 12.4. The van der Waals surface area contributed by atoms with Gasteiger partial charge in [-0.05, 0) is 109 Å². The molecule has 0 fully saturated rings. The maximum atomic E-state index is 12.9. The number of hydrogen-bond acceptors (Lipinski definition) is 6. The Hall–Kier alpha value is -3.41. The van der Waals surface area contributed by atoms with Gasteiger partial charge in [0.25, 0.3) is 0 Å². The first-order chi connectivity index (χ1) is 34.0. The zero-order valence-electron chi connectivity index (χ0n) is 45.3. The first-order valence-electron chi connectivity index (χ1n) is 29.1. The van der Waals surface area contributed by atoms with Gasteiger partial charge in [0.05, 0.1) is 0 Å². The fourth-order valence-electron chi connectivity index (χ4n) is 8.05. The van der Waals surface area contributed by atoms with Gasteiger partial charge in [-0.15, -0.1) is 0 Å². The summed E-state index contributed by atoms with van der Waals surface area (Å²) < 4.78 is 16.9. The Kier molecular flexibility index (Phi) is 54.3. The molecule has 1 atom stereocenters. The van der Waals surface area contributed by atoms with E-state index < -0.39 is 6.10 Å². The second-order valence-corrected chi connectivity index (χ2v) is 19.1. The Morgan fingerprint density at radius 2 is 0.565 bits per heavy atom. The van der Waals surface area contributed by atoms with Crippen LogP contribution in [0.5, 0.6) is 0 Å². The maximum Gasteiger partial charge on any atom is 0.306 e. The van der Waals surface area contributed by atoms with Crippen molar-refractivity contribution < 1.29 is 28.6 Å². The average molecular weight is 962 g/mol. The van der Waals surface area contributed by atoms with Crippen molar-refractivity contribution in [2.24, 2.45) is 0 Å². The van der Waals surface area contributed by atoms with Crippen LogP contribution in [0.15, 0.2) is 85.1 Å². The lowest BCUT2D eigenvalue weighted by molar-refractivity contribution is -0.167. The molecule has 0 saturated heterocycles. The molecule has 0 aromatic carbocycles. The first-order valence-corrected chi connectivity index (χ1v) is 29.1. The lowest BCUT2D eigenvalue weighted by Crippen LogP contribution is -2.30. The Morgan fingerprint density at radius 3 is 0.899 bits per heavy atom. The van der Waals surface area contributed by atoms with Gasteiger partial charge in [0.2, 0.25) is 0 Å². The van der Waals surface area contributed by atoms with Gasteiger partial charge in [-0.1, -0.05) is 234 Å². The molecule has 0 N–H and O–H groups in total. The van der Waals surface area contributed by atoms with E-state index in [-0.39, 0.29) is 31.1 Å². The van der Waals surface area contributed by atoms with Crippen molar-refractivity contribution in [3.05, 3.63) is 85.1 Å². The molecule has 0 aromatic rings. The molecule has 6 nitrogen and oxygen atoms in total. The highest BCUT2D eigenvalue weighted by Gasteiger charge is 2.19. The largest absolute Gasteiger partial charge is 0.462 e. The van der Waals surface area contributed by atoms with E-state index in [0.717, 1.165) is 122 Å². The van der Waals surface area contributed by atoms with Crippen molar-refractivity contribution >= 4 is 17.9 Å². The number of esters is 3. The van der Waals surface area contributed by atoms with E-state index in [1.54, 1.807) is 0 Å². The molecule has 0 aliphatic rings. The van der Waals surface area contributed by atoms with E-state index in [2.05, 4.69) is 106 Å². The average Bonchev–Trinajstić information content (AvgIpc) is 3.35. The number of allylic oxidation sites excluding steroid dienone is 14. The van der Waals surface area contributed by atoms with E-state index >= 15 is 0 Å². The van der Waals surface area contributed by atoms with Gasteiger partial charge in [0.15, 0.2) is 6.10 Å². The van der Waals surface area contributed by atoms with Crippen LogP contribution in [0.4, 0.5) is 0 Å². The topological polar surface area (TPSA) is 78.9 Å². The van der Waals surface area contributed by atoms with Crippen molar-refractivity contribution in [3.8, 4) is 0 Å². The molecule has 0 spiro atoms. The van der Waals surface area contributed by atoms with Crippen LogP contribution in [-0.4, -0.2) is 37.2 Å². The lowest BCUT2D eigenvalue weighted by Gasteiger charge is -2.18. The molecule has 0 aliphatic heterocycles.